The predicted octanol–water partition coefficient (Wildman–Crippen LogP) is 4.08. The van der Waals surface area contributed by atoms with Crippen molar-refractivity contribution in [3.63, 3.8) is 0 Å². The summed E-state index contributed by atoms with van der Waals surface area (Å²) in [5.74, 6) is -1.66. The number of rotatable bonds is 11. The number of nitrogens with one attached hydrogen (secondary N) is 3. The normalized spacial score (nSPS) is 16.2. The van der Waals surface area contributed by atoms with E-state index in [2.05, 4.69) is 16.0 Å². The first-order valence-electron chi connectivity index (χ1n) is 13.9. The minimum Gasteiger partial charge on any atom is -0.368 e. The Labute approximate surface area is 239 Å². The van der Waals surface area contributed by atoms with E-state index in [0.29, 0.717) is 24.1 Å². The standard InChI is InChI=1S/C31H38N4O4S/c1-20(2)17-23(27(32)36)33-28(37)24(18-21-11-5-3-6-12-21)34-30(39)31(15-9-4-10-16-31)35-29(38)26-19-22-13-7-8-14-25(22)40-26/h3,5-8,11-14,19-20,23-24H,4,9-10,15-18H2,1-2H3,(H2,32,36)(H,33,37)(H,34,39)(H,35,38)/t23-,24+/m0/s1. The first-order valence-corrected chi connectivity index (χ1v) is 14.7. The molecule has 0 bridgehead atoms. The van der Waals surface area contributed by atoms with Gasteiger partial charge in [0.25, 0.3) is 5.91 Å². The van der Waals surface area contributed by atoms with Gasteiger partial charge < -0.3 is 21.7 Å². The summed E-state index contributed by atoms with van der Waals surface area (Å²) >= 11 is 1.39. The zero-order valence-electron chi connectivity index (χ0n) is 23.1. The van der Waals surface area contributed by atoms with Crippen LogP contribution in [0, 0.1) is 5.92 Å². The van der Waals surface area contributed by atoms with Crippen molar-refractivity contribution in [2.24, 2.45) is 11.7 Å². The quantitative estimate of drug-likeness (QED) is 0.281. The van der Waals surface area contributed by atoms with Gasteiger partial charge in [0.2, 0.25) is 17.7 Å². The Morgan fingerprint density at radius 3 is 2.23 bits per heavy atom. The number of amides is 4. The van der Waals surface area contributed by atoms with E-state index in [1.54, 1.807) is 0 Å². The first-order chi connectivity index (χ1) is 19.2. The number of carbonyl (C=O) groups is 4. The van der Waals surface area contributed by atoms with Crippen LogP contribution in [-0.4, -0.2) is 41.3 Å². The molecule has 0 radical (unpaired) electrons. The third kappa shape index (κ3) is 7.27. The largest absolute Gasteiger partial charge is 0.368 e. The van der Waals surface area contributed by atoms with Crippen molar-refractivity contribution < 1.29 is 19.2 Å². The van der Waals surface area contributed by atoms with Gasteiger partial charge in [0.05, 0.1) is 4.88 Å². The Balaban J connectivity index is 1.57. The van der Waals surface area contributed by atoms with E-state index in [1.807, 2.05) is 74.5 Å². The number of fused-ring (bicyclic) bond motifs is 1. The lowest BCUT2D eigenvalue weighted by molar-refractivity contribution is -0.134. The molecule has 1 fully saturated rings. The minimum absolute atomic E-state index is 0.134. The Bertz CT molecular complexity index is 1310. The lowest BCUT2D eigenvalue weighted by Crippen LogP contribution is -2.63. The molecule has 3 aromatic rings. The molecule has 1 aliphatic carbocycles. The highest BCUT2D eigenvalue weighted by molar-refractivity contribution is 7.20. The molecule has 1 aromatic heterocycles. The highest BCUT2D eigenvalue weighted by Gasteiger charge is 2.43. The van der Waals surface area contributed by atoms with E-state index in [9.17, 15) is 19.2 Å². The zero-order valence-corrected chi connectivity index (χ0v) is 23.9. The van der Waals surface area contributed by atoms with Gasteiger partial charge in [-0.15, -0.1) is 11.3 Å². The highest BCUT2D eigenvalue weighted by Crippen LogP contribution is 2.31. The molecule has 1 heterocycles. The second-order valence-electron chi connectivity index (χ2n) is 11.1. The summed E-state index contributed by atoms with van der Waals surface area (Å²) in [6, 6.07) is 17.2. The van der Waals surface area contributed by atoms with Crippen LogP contribution in [0.25, 0.3) is 10.1 Å². The van der Waals surface area contributed by atoms with E-state index in [-0.39, 0.29) is 18.2 Å². The third-order valence-corrected chi connectivity index (χ3v) is 8.53. The molecular formula is C31H38N4O4S. The molecule has 0 saturated heterocycles. The molecule has 8 nitrogen and oxygen atoms in total. The number of hydrogen-bond acceptors (Lipinski definition) is 5. The number of hydrogen-bond donors (Lipinski definition) is 4. The average Bonchev–Trinajstić information content (AvgIpc) is 3.38. The van der Waals surface area contributed by atoms with Crippen molar-refractivity contribution in [2.45, 2.75) is 76.4 Å². The molecule has 9 heteroatoms. The van der Waals surface area contributed by atoms with Crippen LogP contribution < -0.4 is 21.7 Å². The zero-order chi connectivity index (χ0) is 28.7. The summed E-state index contributed by atoms with van der Waals surface area (Å²) in [6.45, 7) is 3.88. The van der Waals surface area contributed by atoms with Gasteiger partial charge in [-0.1, -0.05) is 81.6 Å². The van der Waals surface area contributed by atoms with Gasteiger partial charge >= 0.3 is 0 Å². The molecule has 2 aromatic carbocycles. The lowest BCUT2D eigenvalue weighted by atomic mass is 9.80. The maximum absolute atomic E-state index is 14.0. The van der Waals surface area contributed by atoms with Gasteiger partial charge in [0.15, 0.2) is 0 Å². The molecule has 0 unspecified atom stereocenters. The summed E-state index contributed by atoms with van der Waals surface area (Å²) in [6.07, 6.45) is 4.12. The summed E-state index contributed by atoms with van der Waals surface area (Å²) < 4.78 is 1.000. The van der Waals surface area contributed by atoms with Crippen molar-refractivity contribution in [1.29, 1.82) is 0 Å². The predicted molar refractivity (Wildman–Crippen MR) is 158 cm³/mol. The van der Waals surface area contributed by atoms with Crippen LogP contribution in [0.3, 0.4) is 0 Å². The van der Waals surface area contributed by atoms with Crippen molar-refractivity contribution >= 4 is 45.1 Å². The SMILES string of the molecule is CC(C)C[C@H](NC(=O)[C@@H](Cc1ccccc1)NC(=O)C1(NC(=O)c2cc3ccccc3s2)CCCCC1)C(N)=O. The molecule has 5 N–H and O–H groups in total. The topological polar surface area (TPSA) is 130 Å². The number of nitrogens with two attached hydrogens (primary N) is 1. The molecule has 4 rings (SSSR count). The second-order valence-corrected chi connectivity index (χ2v) is 12.1. The van der Waals surface area contributed by atoms with Crippen LogP contribution in [0.5, 0.6) is 0 Å². The van der Waals surface area contributed by atoms with Gasteiger partial charge in [0, 0.05) is 11.1 Å². The Hall–Kier alpha value is -3.72. The van der Waals surface area contributed by atoms with Gasteiger partial charge in [-0.05, 0) is 48.3 Å². The first kappa shape index (κ1) is 29.3. The van der Waals surface area contributed by atoms with Crippen molar-refractivity contribution in [2.75, 3.05) is 0 Å². The van der Waals surface area contributed by atoms with E-state index in [1.165, 1.54) is 11.3 Å². The number of primary amides is 1. The molecule has 212 valence electrons. The number of carbonyl (C=O) groups excluding carboxylic acids is 4. The molecule has 1 aliphatic rings. The molecule has 2 atom stereocenters. The number of benzene rings is 2. The smallest absolute Gasteiger partial charge is 0.262 e. The lowest BCUT2D eigenvalue weighted by Gasteiger charge is -2.37. The van der Waals surface area contributed by atoms with Crippen molar-refractivity contribution in [1.82, 2.24) is 16.0 Å². The van der Waals surface area contributed by atoms with Gasteiger partial charge in [-0.3, -0.25) is 19.2 Å². The Morgan fingerprint density at radius 1 is 0.900 bits per heavy atom. The van der Waals surface area contributed by atoms with Crippen LogP contribution in [0.1, 0.15) is 67.6 Å². The Morgan fingerprint density at radius 2 is 1.57 bits per heavy atom. The van der Waals surface area contributed by atoms with E-state index in [0.717, 1.165) is 34.9 Å². The number of thiophene rings is 1. The fourth-order valence-electron chi connectivity index (χ4n) is 5.28. The highest BCUT2D eigenvalue weighted by atomic mass is 32.1. The fourth-order valence-corrected chi connectivity index (χ4v) is 6.24. The summed E-state index contributed by atoms with van der Waals surface area (Å²) in [5.41, 5.74) is 5.29. The van der Waals surface area contributed by atoms with Gasteiger partial charge in [0.1, 0.15) is 17.6 Å². The summed E-state index contributed by atoms with van der Waals surface area (Å²) in [5, 5.41) is 9.73. The van der Waals surface area contributed by atoms with Crippen molar-refractivity contribution in [3.05, 3.63) is 71.1 Å². The average molecular weight is 563 g/mol. The van der Waals surface area contributed by atoms with Gasteiger partial charge in [-0.25, -0.2) is 0 Å². The maximum Gasteiger partial charge on any atom is 0.262 e. The molecule has 1 saturated carbocycles. The van der Waals surface area contributed by atoms with Gasteiger partial charge in [-0.2, -0.15) is 0 Å². The monoisotopic (exact) mass is 562 g/mol. The second kappa shape index (κ2) is 13.1. The van der Waals surface area contributed by atoms with Crippen LogP contribution >= 0.6 is 11.3 Å². The molecular weight excluding hydrogens is 524 g/mol. The molecule has 0 spiro atoms. The van der Waals surface area contributed by atoms with E-state index in [4.69, 9.17) is 5.73 Å². The molecule has 4 amide bonds. The maximum atomic E-state index is 14.0. The molecule has 40 heavy (non-hydrogen) atoms. The minimum atomic E-state index is -1.14. The Kier molecular flexibility index (Phi) is 9.58. The van der Waals surface area contributed by atoms with Crippen LogP contribution in [0.2, 0.25) is 0 Å². The summed E-state index contributed by atoms with van der Waals surface area (Å²) in [4.78, 5) is 53.5. The van der Waals surface area contributed by atoms with E-state index >= 15 is 0 Å². The fraction of sp³-hybridized carbons (Fsp3) is 0.419. The summed E-state index contributed by atoms with van der Waals surface area (Å²) in [7, 11) is 0. The van der Waals surface area contributed by atoms with Crippen LogP contribution in [-0.2, 0) is 20.8 Å². The van der Waals surface area contributed by atoms with Crippen LogP contribution in [0.4, 0.5) is 0 Å². The third-order valence-electron chi connectivity index (χ3n) is 7.42. The van der Waals surface area contributed by atoms with E-state index < -0.39 is 35.3 Å². The molecule has 0 aliphatic heterocycles. The van der Waals surface area contributed by atoms with Crippen molar-refractivity contribution in [3.8, 4) is 0 Å². The van der Waals surface area contributed by atoms with Crippen LogP contribution in [0.15, 0.2) is 60.7 Å².